The first-order valence-electron chi connectivity index (χ1n) is 10.4. The minimum atomic E-state index is -3.87. The van der Waals surface area contributed by atoms with E-state index in [-0.39, 0.29) is 22.3 Å². The lowest BCUT2D eigenvalue weighted by Crippen LogP contribution is -2.35. The second-order valence-electron chi connectivity index (χ2n) is 7.70. The number of aryl methyl sites for hydroxylation is 2. The number of nitrogens with zero attached hydrogens (tertiary/aromatic N) is 2. The zero-order valence-corrected chi connectivity index (χ0v) is 18.5. The Morgan fingerprint density at radius 2 is 2.00 bits per heavy atom. The van der Waals surface area contributed by atoms with Crippen molar-refractivity contribution in [2.75, 3.05) is 17.8 Å². The van der Waals surface area contributed by atoms with Gasteiger partial charge in [-0.05, 0) is 50.3 Å². The second kappa shape index (κ2) is 8.58. The lowest BCUT2D eigenvalue weighted by atomic mass is 10.1. The average Bonchev–Trinajstić information content (AvgIpc) is 3.40. The predicted octanol–water partition coefficient (Wildman–Crippen LogP) is 3.97. The average molecular weight is 443 g/mol. The maximum absolute atomic E-state index is 13.0. The van der Waals surface area contributed by atoms with Crippen molar-refractivity contribution in [2.24, 2.45) is 0 Å². The van der Waals surface area contributed by atoms with Gasteiger partial charge < -0.3 is 9.32 Å². The number of anilines is 1. The summed E-state index contributed by atoms with van der Waals surface area (Å²) in [6.45, 7) is 5.01. The van der Waals surface area contributed by atoms with Crippen LogP contribution in [0, 0.1) is 6.92 Å². The molecule has 31 heavy (non-hydrogen) atoms. The van der Waals surface area contributed by atoms with Gasteiger partial charge in [-0.2, -0.15) is 5.10 Å². The summed E-state index contributed by atoms with van der Waals surface area (Å²) >= 11 is 0. The molecule has 1 aliphatic rings. The van der Waals surface area contributed by atoms with Crippen molar-refractivity contribution in [2.45, 2.75) is 44.4 Å². The van der Waals surface area contributed by atoms with Crippen LogP contribution in [0.1, 0.15) is 47.9 Å². The van der Waals surface area contributed by atoms with Gasteiger partial charge in [-0.3, -0.25) is 14.6 Å². The van der Waals surface area contributed by atoms with E-state index in [0.717, 1.165) is 31.2 Å². The topological polar surface area (TPSA) is 108 Å². The molecule has 0 bridgehead atoms. The molecule has 0 unspecified atom stereocenters. The summed E-state index contributed by atoms with van der Waals surface area (Å²) in [4.78, 5) is 14.8. The Labute approximate surface area is 181 Å². The molecule has 0 aliphatic carbocycles. The summed E-state index contributed by atoms with van der Waals surface area (Å²) in [5, 5.41) is 6.80. The van der Waals surface area contributed by atoms with Gasteiger partial charge in [-0.25, -0.2) is 8.42 Å². The van der Waals surface area contributed by atoms with Crippen LogP contribution in [0.15, 0.2) is 45.8 Å². The summed E-state index contributed by atoms with van der Waals surface area (Å²) in [6, 6.07) is 8.70. The number of aromatic amines is 1. The fraction of sp³-hybridized carbons (Fsp3) is 0.364. The highest BCUT2D eigenvalue weighted by atomic mass is 32.2. The summed E-state index contributed by atoms with van der Waals surface area (Å²) in [6.07, 6.45) is 5.35. The number of H-pyrrole nitrogens is 1. The summed E-state index contributed by atoms with van der Waals surface area (Å²) < 4.78 is 34.4. The van der Waals surface area contributed by atoms with Crippen molar-refractivity contribution in [1.82, 2.24) is 15.1 Å². The molecule has 0 radical (unpaired) electrons. The third-order valence-corrected chi connectivity index (χ3v) is 7.00. The molecule has 3 heterocycles. The number of carbonyl (C=O) groups excluding carboxylic acids is 1. The van der Waals surface area contributed by atoms with Crippen molar-refractivity contribution in [3.05, 3.63) is 53.4 Å². The number of piperidine rings is 1. The quantitative estimate of drug-likeness (QED) is 0.601. The Hall–Kier alpha value is -3.07. The molecular weight excluding hydrogens is 416 g/mol. The molecule has 1 amide bonds. The van der Waals surface area contributed by atoms with E-state index in [0.29, 0.717) is 30.0 Å². The Kier molecular flexibility index (Phi) is 5.86. The minimum absolute atomic E-state index is 0.0235. The number of hydrogen-bond donors (Lipinski definition) is 2. The van der Waals surface area contributed by atoms with Gasteiger partial charge in [0.05, 0.1) is 11.8 Å². The molecule has 0 atom stereocenters. The van der Waals surface area contributed by atoms with Gasteiger partial charge in [0.25, 0.3) is 15.9 Å². The van der Waals surface area contributed by atoms with Crippen LogP contribution in [-0.2, 0) is 16.4 Å². The zero-order chi connectivity index (χ0) is 22.0. The molecule has 1 aromatic carbocycles. The molecule has 1 saturated heterocycles. The van der Waals surface area contributed by atoms with Crippen LogP contribution in [0.3, 0.4) is 0 Å². The molecular formula is C22H26N4O4S. The van der Waals surface area contributed by atoms with Gasteiger partial charge in [-0.15, -0.1) is 0 Å². The number of sulfonamides is 1. The maximum Gasteiger partial charge on any atom is 0.265 e. The van der Waals surface area contributed by atoms with E-state index in [4.69, 9.17) is 4.42 Å². The molecule has 2 aromatic heterocycles. The first-order chi connectivity index (χ1) is 14.9. The molecule has 1 fully saturated rings. The molecule has 2 N–H and O–H groups in total. The predicted molar refractivity (Wildman–Crippen MR) is 117 cm³/mol. The summed E-state index contributed by atoms with van der Waals surface area (Å²) in [5.74, 6) is 0.370. The molecule has 3 aromatic rings. The summed E-state index contributed by atoms with van der Waals surface area (Å²) in [5.41, 5.74) is 2.28. The number of nitrogens with one attached hydrogen (secondary N) is 2. The van der Waals surface area contributed by atoms with Crippen molar-refractivity contribution >= 4 is 21.6 Å². The molecule has 0 spiro atoms. The lowest BCUT2D eigenvalue weighted by molar-refractivity contribution is 0.0725. The van der Waals surface area contributed by atoms with E-state index in [9.17, 15) is 13.2 Å². The highest BCUT2D eigenvalue weighted by Gasteiger charge is 2.27. The van der Waals surface area contributed by atoms with Crippen LogP contribution in [0.5, 0.6) is 0 Å². The number of likely N-dealkylation sites (tertiary alicyclic amines) is 1. The van der Waals surface area contributed by atoms with Gasteiger partial charge >= 0.3 is 0 Å². The SMILES string of the molecule is CCc1cccc(NS(=O)(=O)c2cc(-c3[nH]ncc3C(=O)N3CCCCC3)oc2C)c1. The van der Waals surface area contributed by atoms with Crippen LogP contribution in [0.2, 0.25) is 0 Å². The lowest BCUT2D eigenvalue weighted by Gasteiger charge is -2.26. The normalized spacial score (nSPS) is 14.6. The standard InChI is InChI=1S/C22H26N4O4S/c1-3-16-8-7-9-17(12-16)25-31(28,29)20-13-19(30-15(20)2)21-18(14-23-24-21)22(27)26-10-5-4-6-11-26/h7-9,12-14,25H,3-6,10-11H2,1-2H3,(H,23,24). The largest absolute Gasteiger partial charge is 0.458 e. The van der Waals surface area contributed by atoms with Crippen LogP contribution >= 0.6 is 0 Å². The number of carbonyl (C=O) groups is 1. The molecule has 0 saturated carbocycles. The molecule has 8 nitrogen and oxygen atoms in total. The van der Waals surface area contributed by atoms with Gasteiger partial charge in [0.2, 0.25) is 0 Å². The monoisotopic (exact) mass is 442 g/mol. The minimum Gasteiger partial charge on any atom is -0.458 e. The van der Waals surface area contributed by atoms with Gasteiger partial charge in [0, 0.05) is 24.8 Å². The Morgan fingerprint density at radius 3 is 2.74 bits per heavy atom. The summed E-state index contributed by atoms with van der Waals surface area (Å²) in [7, 11) is -3.87. The molecule has 164 valence electrons. The van der Waals surface area contributed by atoms with Crippen LogP contribution in [0.4, 0.5) is 5.69 Å². The van der Waals surface area contributed by atoms with Gasteiger partial charge in [0.1, 0.15) is 16.3 Å². The molecule has 4 rings (SSSR count). The third kappa shape index (κ3) is 4.36. The van der Waals surface area contributed by atoms with E-state index in [1.807, 2.05) is 19.1 Å². The Bertz CT molecular complexity index is 1190. The van der Waals surface area contributed by atoms with Crippen molar-refractivity contribution in [3.63, 3.8) is 0 Å². The molecule has 9 heteroatoms. The van der Waals surface area contributed by atoms with Crippen LogP contribution in [0.25, 0.3) is 11.5 Å². The van der Waals surface area contributed by atoms with Crippen molar-refractivity contribution in [3.8, 4) is 11.5 Å². The van der Waals surface area contributed by atoms with E-state index < -0.39 is 10.0 Å². The maximum atomic E-state index is 13.0. The Balaban J connectivity index is 1.62. The smallest absolute Gasteiger partial charge is 0.265 e. The number of aromatic nitrogens is 2. The van der Waals surface area contributed by atoms with E-state index in [2.05, 4.69) is 14.9 Å². The number of rotatable bonds is 6. The highest BCUT2D eigenvalue weighted by Crippen LogP contribution is 2.31. The van der Waals surface area contributed by atoms with E-state index in [1.165, 1.54) is 12.3 Å². The number of hydrogen-bond acceptors (Lipinski definition) is 5. The van der Waals surface area contributed by atoms with Gasteiger partial charge in [0.15, 0.2) is 5.76 Å². The fourth-order valence-electron chi connectivity index (χ4n) is 3.82. The number of amides is 1. The van der Waals surface area contributed by atoms with Crippen molar-refractivity contribution in [1.29, 1.82) is 0 Å². The second-order valence-corrected chi connectivity index (χ2v) is 9.35. The molecule has 1 aliphatic heterocycles. The first kappa shape index (κ1) is 21.2. The third-order valence-electron chi connectivity index (χ3n) is 5.51. The van der Waals surface area contributed by atoms with E-state index in [1.54, 1.807) is 24.0 Å². The van der Waals surface area contributed by atoms with E-state index >= 15 is 0 Å². The van der Waals surface area contributed by atoms with Crippen molar-refractivity contribution < 1.29 is 17.6 Å². The Morgan fingerprint density at radius 1 is 1.23 bits per heavy atom. The highest BCUT2D eigenvalue weighted by molar-refractivity contribution is 7.92. The van der Waals surface area contributed by atoms with Gasteiger partial charge in [-0.1, -0.05) is 19.1 Å². The van der Waals surface area contributed by atoms with Crippen LogP contribution in [-0.4, -0.2) is 42.5 Å². The zero-order valence-electron chi connectivity index (χ0n) is 17.6. The number of furan rings is 1. The fourth-order valence-corrected chi connectivity index (χ4v) is 5.05. The van der Waals surface area contributed by atoms with Crippen LogP contribution < -0.4 is 4.72 Å². The first-order valence-corrected chi connectivity index (χ1v) is 11.9. The number of benzene rings is 1.